The van der Waals surface area contributed by atoms with Gasteiger partial charge < -0.3 is 42.2 Å². The Hall–Kier alpha value is -4.91. The molecule has 1 fully saturated rings. The number of nitrogens with one attached hydrogen (secondary N) is 3. The number of phenols is 1. The van der Waals surface area contributed by atoms with Crippen LogP contribution >= 0.6 is 0 Å². The summed E-state index contributed by atoms with van der Waals surface area (Å²) < 4.78 is 0. The number of carbonyl (C=O) groups excluding carboxylic acids is 4. The zero-order valence-electron chi connectivity index (χ0n) is 23.5. The average Bonchev–Trinajstić information content (AvgIpc) is 3.63. The summed E-state index contributed by atoms with van der Waals surface area (Å²) in [5.74, 6) is -3.82. The molecular weight excluding hydrogens is 556 g/mol. The maximum atomic E-state index is 13.5. The molecule has 4 unspecified atom stereocenters. The Morgan fingerprint density at radius 1 is 1.00 bits per heavy atom. The van der Waals surface area contributed by atoms with E-state index in [0.29, 0.717) is 24.9 Å². The second-order valence-corrected chi connectivity index (χ2v) is 10.7. The van der Waals surface area contributed by atoms with Crippen molar-refractivity contribution in [3.8, 4) is 5.75 Å². The fourth-order valence-electron chi connectivity index (χ4n) is 5.30. The van der Waals surface area contributed by atoms with E-state index >= 15 is 0 Å². The number of aliphatic carboxylic acids is 1. The van der Waals surface area contributed by atoms with Gasteiger partial charge in [-0.15, -0.1) is 0 Å². The molecule has 1 aromatic heterocycles. The maximum Gasteiger partial charge on any atom is 0.326 e. The molecule has 2 heterocycles. The van der Waals surface area contributed by atoms with Gasteiger partial charge in [0.1, 0.15) is 23.9 Å². The number of aromatic hydroxyl groups is 1. The number of nitrogens with two attached hydrogens (primary N) is 2. The monoisotopic (exact) mass is 592 g/mol. The van der Waals surface area contributed by atoms with Gasteiger partial charge >= 0.3 is 5.97 Å². The van der Waals surface area contributed by atoms with Crippen molar-refractivity contribution in [3.63, 3.8) is 0 Å². The summed E-state index contributed by atoms with van der Waals surface area (Å²) in [6, 6.07) is 9.24. The lowest BCUT2D eigenvalue weighted by molar-refractivity contribution is -0.143. The van der Waals surface area contributed by atoms with Crippen LogP contribution in [0.15, 0.2) is 54.7 Å². The number of rotatable bonds is 13. The van der Waals surface area contributed by atoms with Crippen LogP contribution < -0.4 is 22.1 Å². The Balaban J connectivity index is 1.47. The molecule has 1 aliphatic rings. The minimum atomic E-state index is -1.41. The van der Waals surface area contributed by atoms with Gasteiger partial charge in [-0.2, -0.15) is 0 Å². The van der Waals surface area contributed by atoms with Crippen LogP contribution in [0.2, 0.25) is 0 Å². The largest absolute Gasteiger partial charge is 0.508 e. The van der Waals surface area contributed by atoms with Crippen molar-refractivity contribution in [1.29, 1.82) is 0 Å². The Morgan fingerprint density at radius 2 is 1.72 bits per heavy atom. The smallest absolute Gasteiger partial charge is 0.326 e. The summed E-state index contributed by atoms with van der Waals surface area (Å²) in [6.45, 7) is 0.321. The molecular formula is C30H36N6O7. The van der Waals surface area contributed by atoms with E-state index in [4.69, 9.17) is 11.5 Å². The molecule has 228 valence electrons. The number of phenolic OH excluding ortho intramolecular Hbond substituents is 1. The number of aromatic amines is 1. The van der Waals surface area contributed by atoms with Crippen LogP contribution in [-0.2, 0) is 36.8 Å². The van der Waals surface area contributed by atoms with Gasteiger partial charge in [-0.05, 0) is 55.0 Å². The highest BCUT2D eigenvalue weighted by atomic mass is 16.4. The zero-order valence-corrected chi connectivity index (χ0v) is 23.5. The molecule has 4 rings (SSSR count). The summed E-state index contributed by atoms with van der Waals surface area (Å²) >= 11 is 0. The lowest BCUT2D eigenvalue weighted by Gasteiger charge is -2.28. The van der Waals surface area contributed by atoms with E-state index in [0.717, 1.165) is 16.5 Å². The van der Waals surface area contributed by atoms with Crippen molar-refractivity contribution in [2.45, 2.75) is 62.7 Å². The number of carboxylic acid groups (broad SMARTS) is 1. The lowest BCUT2D eigenvalue weighted by atomic mass is 10.0. The van der Waals surface area contributed by atoms with Crippen molar-refractivity contribution in [2.75, 3.05) is 6.54 Å². The predicted molar refractivity (Wildman–Crippen MR) is 156 cm³/mol. The Kier molecular flexibility index (Phi) is 9.99. The van der Waals surface area contributed by atoms with E-state index in [1.165, 1.54) is 17.0 Å². The standard InChI is InChI=1S/C30H36N6O7/c31-21(15-18-16-33-22-5-2-1-4-20(18)22)29(41)36-13-3-6-25(36)28(40)35-24(14-17-7-9-19(37)10-8-17)27(39)34-23(30(42)43)11-12-26(32)38/h1-2,4-5,7-10,16,21,23-25,33,37H,3,6,11-15,31H2,(H2,32,38)(H,34,39)(H,35,40)(H,42,43). The van der Waals surface area contributed by atoms with Crippen LogP contribution in [0.3, 0.4) is 0 Å². The van der Waals surface area contributed by atoms with Crippen molar-refractivity contribution >= 4 is 40.5 Å². The molecule has 4 atom stereocenters. The second-order valence-electron chi connectivity index (χ2n) is 10.7. The van der Waals surface area contributed by atoms with Gasteiger partial charge in [0.25, 0.3) is 0 Å². The maximum absolute atomic E-state index is 13.5. The highest BCUT2D eigenvalue weighted by molar-refractivity contribution is 5.95. The molecule has 4 amide bonds. The van der Waals surface area contributed by atoms with Crippen molar-refractivity contribution in [1.82, 2.24) is 20.5 Å². The Bertz CT molecular complexity index is 1490. The molecule has 13 nitrogen and oxygen atoms in total. The topological polar surface area (TPSA) is 221 Å². The average molecular weight is 593 g/mol. The van der Waals surface area contributed by atoms with Gasteiger partial charge in [-0.25, -0.2) is 4.79 Å². The first-order valence-electron chi connectivity index (χ1n) is 14.0. The molecule has 13 heteroatoms. The molecule has 0 aliphatic carbocycles. The molecule has 43 heavy (non-hydrogen) atoms. The van der Waals surface area contributed by atoms with Gasteiger partial charge in [0, 0.05) is 36.5 Å². The first-order chi connectivity index (χ1) is 20.5. The Morgan fingerprint density at radius 3 is 2.42 bits per heavy atom. The van der Waals surface area contributed by atoms with Crippen LogP contribution in [0.4, 0.5) is 0 Å². The van der Waals surface area contributed by atoms with Gasteiger partial charge in [0.15, 0.2) is 0 Å². The highest BCUT2D eigenvalue weighted by Gasteiger charge is 2.38. The van der Waals surface area contributed by atoms with Gasteiger partial charge in [0.2, 0.25) is 23.6 Å². The lowest BCUT2D eigenvalue weighted by Crippen LogP contribution is -2.57. The van der Waals surface area contributed by atoms with Crippen molar-refractivity contribution < 1.29 is 34.2 Å². The van der Waals surface area contributed by atoms with Crippen molar-refractivity contribution in [2.24, 2.45) is 11.5 Å². The fourth-order valence-corrected chi connectivity index (χ4v) is 5.30. The molecule has 1 aliphatic heterocycles. The highest BCUT2D eigenvalue weighted by Crippen LogP contribution is 2.22. The number of nitrogens with zero attached hydrogens (tertiary/aromatic N) is 1. The number of benzene rings is 2. The summed E-state index contributed by atoms with van der Waals surface area (Å²) in [5.41, 5.74) is 13.9. The Labute approximate surface area is 247 Å². The zero-order chi connectivity index (χ0) is 31.1. The normalized spacial score (nSPS) is 16.8. The van der Waals surface area contributed by atoms with E-state index in [9.17, 15) is 34.2 Å². The van der Waals surface area contributed by atoms with Gasteiger partial charge in [-0.3, -0.25) is 19.2 Å². The molecule has 2 aromatic carbocycles. The third-order valence-corrected chi connectivity index (χ3v) is 7.57. The molecule has 0 radical (unpaired) electrons. The van der Waals surface area contributed by atoms with E-state index < -0.39 is 47.9 Å². The SMILES string of the molecule is NC(=O)CCC(NC(=O)C(Cc1ccc(O)cc1)NC(=O)C1CCCN1C(=O)C(N)Cc1c[nH]c2ccccc12)C(=O)O. The third-order valence-electron chi connectivity index (χ3n) is 7.57. The summed E-state index contributed by atoms with van der Waals surface area (Å²) in [4.78, 5) is 67.7. The first kappa shape index (κ1) is 31.0. The minimum Gasteiger partial charge on any atom is -0.508 e. The molecule has 9 N–H and O–H groups in total. The number of carboxylic acids is 1. The number of para-hydroxylation sites is 1. The number of primary amides is 1. The summed E-state index contributed by atoms with van der Waals surface area (Å²) in [5, 5.41) is 25.2. The van der Waals surface area contributed by atoms with Crippen LogP contribution in [0, 0.1) is 0 Å². The van der Waals surface area contributed by atoms with E-state index in [1.54, 1.807) is 12.1 Å². The second kappa shape index (κ2) is 13.8. The molecule has 0 bridgehead atoms. The molecule has 0 saturated carbocycles. The van der Waals surface area contributed by atoms with Crippen LogP contribution in [-0.4, -0.2) is 80.4 Å². The van der Waals surface area contributed by atoms with Crippen LogP contribution in [0.25, 0.3) is 10.9 Å². The van der Waals surface area contributed by atoms with E-state index in [2.05, 4.69) is 15.6 Å². The minimum absolute atomic E-state index is 0.00950. The first-order valence-corrected chi connectivity index (χ1v) is 14.0. The van der Waals surface area contributed by atoms with Crippen molar-refractivity contribution in [3.05, 3.63) is 65.9 Å². The van der Waals surface area contributed by atoms with E-state index in [1.807, 2.05) is 30.5 Å². The third kappa shape index (κ3) is 7.89. The van der Waals surface area contributed by atoms with Gasteiger partial charge in [0.05, 0.1) is 6.04 Å². The number of hydrogen-bond acceptors (Lipinski definition) is 7. The van der Waals surface area contributed by atoms with Gasteiger partial charge in [-0.1, -0.05) is 30.3 Å². The quantitative estimate of drug-likeness (QED) is 0.146. The number of hydrogen-bond donors (Lipinski definition) is 7. The number of aromatic nitrogens is 1. The molecule has 3 aromatic rings. The van der Waals surface area contributed by atoms with Crippen LogP contribution in [0.1, 0.15) is 36.8 Å². The molecule has 0 spiro atoms. The number of fused-ring (bicyclic) bond motifs is 1. The number of likely N-dealkylation sites (tertiary alicyclic amines) is 1. The van der Waals surface area contributed by atoms with Crippen LogP contribution in [0.5, 0.6) is 5.75 Å². The molecule has 1 saturated heterocycles. The predicted octanol–water partition coefficient (Wildman–Crippen LogP) is 0.297. The fraction of sp³-hybridized carbons (Fsp3) is 0.367. The summed E-state index contributed by atoms with van der Waals surface area (Å²) in [7, 11) is 0. The number of amides is 4. The summed E-state index contributed by atoms with van der Waals surface area (Å²) in [6.07, 6.45) is 2.49. The number of carbonyl (C=O) groups is 5. The number of H-pyrrole nitrogens is 1. The van der Waals surface area contributed by atoms with E-state index in [-0.39, 0.29) is 37.3 Å².